The number of thioether (sulfide) groups is 1. The molecule has 2 rings (SSSR count). The number of halogens is 2. The Balaban J connectivity index is 1.87. The Morgan fingerprint density at radius 2 is 2.35 bits per heavy atom. The van der Waals surface area contributed by atoms with E-state index < -0.39 is 5.76 Å². The van der Waals surface area contributed by atoms with Crippen LogP contribution >= 0.6 is 23.1 Å². The first-order chi connectivity index (χ1) is 9.56. The van der Waals surface area contributed by atoms with Crippen LogP contribution in [0.1, 0.15) is 42.3 Å². The van der Waals surface area contributed by atoms with Gasteiger partial charge >= 0.3 is 0 Å². The minimum absolute atomic E-state index is 0.221. The van der Waals surface area contributed by atoms with Gasteiger partial charge in [-0.25, -0.2) is 0 Å². The number of hydrogen-bond acceptors (Lipinski definition) is 3. The summed E-state index contributed by atoms with van der Waals surface area (Å²) in [5.74, 6) is -1.47. The minimum Gasteiger partial charge on any atom is -0.351 e. The summed E-state index contributed by atoms with van der Waals surface area (Å²) in [5.41, 5.74) is 0. The van der Waals surface area contributed by atoms with Gasteiger partial charge in [-0.15, -0.1) is 11.3 Å². The number of rotatable bonds is 5. The molecule has 1 aliphatic rings. The Kier molecular flexibility index (Phi) is 5.84. The van der Waals surface area contributed by atoms with Crippen molar-refractivity contribution < 1.29 is 13.6 Å². The summed E-state index contributed by atoms with van der Waals surface area (Å²) in [5, 5.41) is 4.59. The summed E-state index contributed by atoms with van der Waals surface area (Å²) in [7, 11) is 0. The maximum atomic E-state index is 12.4. The monoisotopic (exact) mass is 319 g/mol. The summed E-state index contributed by atoms with van der Waals surface area (Å²) in [6.45, 7) is 2.89. The molecule has 0 aromatic carbocycles. The van der Waals surface area contributed by atoms with Gasteiger partial charge in [-0.2, -0.15) is 8.78 Å². The van der Waals surface area contributed by atoms with Crippen LogP contribution in [0.2, 0.25) is 0 Å². The van der Waals surface area contributed by atoms with Crippen molar-refractivity contribution in [3.63, 3.8) is 0 Å². The Bertz CT molecular complexity index is 450. The van der Waals surface area contributed by atoms with Gasteiger partial charge < -0.3 is 5.32 Å². The van der Waals surface area contributed by atoms with E-state index >= 15 is 0 Å². The highest BCUT2D eigenvalue weighted by Crippen LogP contribution is 2.32. The maximum absolute atomic E-state index is 12.4. The Morgan fingerprint density at radius 3 is 3.05 bits per heavy atom. The second kappa shape index (κ2) is 7.41. The molecule has 1 aromatic heterocycles. The van der Waals surface area contributed by atoms with Crippen molar-refractivity contribution in [3.05, 3.63) is 16.3 Å². The largest absolute Gasteiger partial charge is 0.351 e. The van der Waals surface area contributed by atoms with E-state index in [1.54, 1.807) is 11.4 Å². The fourth-order valence-electron chi connectivity index (χ4n) is 2.71. The van der Waals surface area contributed by atoms with Gasteiger partial charge in [-0.05, 0) is 36.1 Å². The molecule has 1 aromatic rings. The lowest BCUT2D eigenvalue weighted by molar-refractivity contribution is 0.0942. The van der Waals surface area contributed by atoms with Gasteiger partial charge in [0.25, 0.3) is 11.7 Å². The van der Waals surface area contributed by atoms with Crippen molar-refractivity contribution in [1.82, 2.24) is 5.32 Å². The molecule has 0 bridgehead atoms. The first-order valence-electron chi connectivity index (χ1n) is 6.86. The molecule has 1 aliphatic carbocycles. The van der Waals surface area contributed by atoms with Crippen LogP contribution in [-0.4, -0.2) is 18.2 Å². The molecule has 1 fully saturated rings. The molecular weight excluding hydrogens is 300 g/mol. The van der Waals surface area contributed by atoms with Gasteiger partial charge in [0.15, 0.2) is 0 Å². The number of thiophene rings is 1. The topological polar surface area (TPSA) is 29.1 Å². The summed E-state index contributed by atoms with van der Waals surface area (Å²) in [6.07, 6.45) is 4.77. The molecule has 0 aliphatic heterocycles. The van der Waals surface area contributed by atoms with Crippen molar-refractivity contribution in [2.45, 2.75) is 43.3 Å². The minimum atomic E-state index is -2.49. The molecule has 0 radical (unpaired) electrons. The molecule has 112 valence electrons. The van der Waals surface area contributed by atoms with Crippen LogP contribution in [0.5, 0.6) is 0 Å². The molecule has 2 unspecified atom stereocenters. The van der Waals surface area contributed by atoms with Crippen molar-refractivity contribution in [2.75, 3.05) is 6.54 Å². The van der Waals surface area contributed by atoms with Gasteiger partial charge in [0, 0.05) is 11.4 Å². The molecule has 1 heterocycles. The molecule has 1 N–H and O–H groups in total. The van der Waals surface area contributed by atoms with E-state index in [9.17, 15) is 13.6 Å². The molecule has 0 spiro atoms. The van der Waals surface area contributed by atoms with Crippen LogP contribution in [0.15, 0.2) is 16.3 Å². The summed E-state index contributed by atoms with van der Waals surface area (Å²) in [6, 6.07) is 1.58. The zero-order valence-corrected chi connectivity index (χ0v) is 13.0. The van der Waals surface area contributed by atoms with Crippen LogP contribution in [0, 0.1) is 11.8 Å². The third kappa shape index (κ3) is 4.45. The number of carbonyl (C=O) groups is 1. The number of amides is 1. The molecule has 6 heteroatoms. The summed E-state index contributed by atoms with van der Waals surface area (Å²) < 4.78 is 24.8. The SMILES string of the molecule is CC1CCCC(CNC(=O)c2sccc2SC(F)F)C1. The lowest BCUT2D eigenvalue weighted by Gasteiger charge is -2.26. The fraction of sp³-hybridized carbons (Fsp3) is 0.643. The average molecular weight is 319 g/mol. The number of nitrogens with one attached hydrogen (secondary N) is 1. The highest BCUT2D eigenvalue weighted by atomic mass is 32.2. The molecular formula is C14H19F2NOS2. The zero-order valence-electron chi connectivity index (χ0n) is 11.4. The van der Waals surface area contributed by atoms with Crippen LogP contribution in [0.25, 0.3) is 0 Å². The molecule has 2 nitrogen and oxygen atoms in total. The van der Waals surface area contributed by atoms with Gasteiger partial charge in [0.1, 0.15) is 4.88 Å². The number of alkyl halides is 2. The van der Waals surface area contributed by atoms with Crippen molar-refractivity contribution >= 4 is 29.0 Å². The van der Waals surface area contributed by atoms with Crippen LogP contribution in [0.3, 0.4) is 0 Å². The lowest BCUT2D eigenvalue weighted by atomic mass is 9.82. The van der Waals surface area contributed by atoms with Crippen molar-refractivity contribution in [1.29, 1.82) is 0 Å². The van der Waals surface area contributed by atoms with Gasteiger partial charge in [0.2, 0.25) is 0 Å². The third-order valence-corrected chi connectivity index (χ3v) is 5.46. The standard InChI is InChI=1S/C14H19F2NOS2/c1-9-3-2-4-10(7-9)8-17-13(18)12-11(5-6-19-12)20-14(15)16/h5-6,9-10,14H,2-4,7-8H2,1H3,(H,17,18). The fourth-order valence-corrected chi connectivity index (χ4v) is 4.33. The Hall–Kier alpha value is -0.620. The van der Waals surface area contributed by atoms with Gasteiger partial charge in [0.05, 0.1) is 0 Å². The Labute approximate surface area is 126 Å². The first kappa shape index (κ1) is 15.8. The predicted molar refractivity (Wildman–Crippen MR) is 79.6 cm³/mol. The van der Waals surface area contributed by atoms with E-state index in [0.717, 1.165) is 18.8 Å². The molecule has 20 heavy (non-hydrogen) atoms. The molecule has 1 saturated carbocycles. The van der Waals surface area contributed by atoms with E-state index in [4.69, 9.17) is 0 Å². The molecule has 1 amide bonds. The van der Waals surface area contributed by atoms with E-state index in [-0.39, 0.29) is 5.91 Å². The van der Waals surface area contributed by atoms with Crippen molar-refractivity contribution in [3.8, 4) is 0 Å². The second-order valence-electron chi connectivity index (χ2n) is 5.34. The zero-order chi connectivity index (χ0) is 14.5. The van der Waals surface area contributed by atoms with Gasteiger partial charge in [-0.1, -0.05) is 31.5 Å². The first-order valence-corrected chi connectivity index (χ1v) is 8.62. The highest BCUT2D eigenvalue weighted by Gasteiger charge is 2.21. The van der Waals surface area contributed by atoms with Crippen molar-refractivity contribution in [2.24, 2.45) is 11.8 Å². The lowest BCUT2D eigenvalue weighted by Crippen LogP contribution is -2.31. The predicted octanol–water partition coefficient (Wildman–Crippen LogP) is 4.62. The van der Waals surface area contributed by atoms with Crippen LogP contribution < -0.4 is 5.32 Å². The summed E-state index contributed by atoms with van der Waals surface area (Å²) >= 11 is 1.66. The van der Waals surface area contributed by atoms with E-state index in [1.807, 2.05) is 0 Å². The molecule has 2 atom stereocenters. The quantitative estimate of drug-likeness (QED) is 0.802. The normalized spacial score (nSPS) is 23.0. The van der Waals surface area contributed by atoms with E-state index in [0.29, 0.717) is 34.0 Å². The smallest absolute Gasteiger partial charge is 0.288 e. The third-order valence-electron chi connectivity index (χ3n) is 3.65. The second-order valence-corrected chi connectivity index (χ2v) is 7.29. The summed E-state index contributed by atoms with van der Waals surface area (Å²) in [4.78, 5) is 12.8. The Morgan fingerprint density at radius 1 is 1.55 bits per heavy atom. The average Bonchev–Trinajstić information content (AvgIpc) is 2.83. The highest BCUT2D eigenvalue weighted by molar-refractivity contribution is 7.99. The van der Waals surface area contributed by atoms with Crippen LogP contribution in [0.4, 0.5) is 8.78 Å². The maximum Gasteiger partial charge on any atom is 0.288 e. The van der Waals surface area contributed by atoms with E-state index in [1.165, 1.54) is 24.2 Å². The van der Waals surface area contributed by atoms with Crippen LogP contribution in [-0.2, 0) is 0 Å². The number of hydrogen-bond donors (Lipinski definition) is 1. The number of carbonyl (C=O) groups excluding carboxylic acids is 1. The van der Waals surface area contributed by atoms with Gasteiger partial charge in [-0.3, -0.25) is 4.79 Å². The molecule has 0 saturated heterocycles. The van der Waals surface area contributed by atoms with E-state index in [2.05, 4.69) is 12.2 Å².